The van der Waals surface area contributed by atoms with Crippen LogP contribution in [0.3, 0.4) is 0 Å². The third kappa shape index (κ3) is 3.38. The Balaban J connectivity index is 1.21. The first-order chi connectivity index (χ1) is 15.5. The topological polar surface area (TPSA) is 73.2 Å². The van der Waals surface area contributed by atoms with E-state index < -0.39 is 5.54 Å². The van der Waals surface area contributed by atoms with Crippen molar-refractivity contribution in [3.8, 4) is 16.9 Å². The van der Waals surface area contributed by atoms with E-state index >= 15 is 0 Å². The Bertz CT molecular complexity index is 1100. The molecule has 6 nitrogen and oxygen atoms in total. The summed E-state index contributed by atoms with van der Waals surface area (Å²) in [7, 11) is 0. The van der Waals surface area contributed by atoms with Crippen LogP contribution in [-0.2, 0) is 9.59 Å². The smallest absolute Gasteiger partial charge is 0.256 e. The average Bonchev–Trinajstić information content (AvgIpc) is 3.73. The Kier molecular flexibility index (Phi) is 4.39. The van der Waals surface area contributed by atoms with Gasteiger partial charge in [0.05, 0.1) is 0 Å². The summed E-state index contributed by atoms with van der Waals surface area (Å²) < 4.78 is 0. The number of amides is 2. The van der Waals surface area contributed by atoms with Crippen LogP contribution in [0, 0.1) is 11.8 Å². The number of phenols is 1. The highest BCUT2D eigenvalue weighted by Gasteiger charge is 2.57. The van der Waals surface area contributed by atoms with Crippen LogP contribution in [0.25, 0.3) is 11.1 Å². The largest absolute Gasteiger partial charge is 0.508 e. The van der Waals surface area contributed by atoms with Crippen molar-refractivity contribution in [3.05, 3.63) is 54.1 Å². The van der Waals surface area contributed by atoms with E-state index in [2.05, 4.69) is 0 Å². The summed E-state index contributed by atoms with van der Waals surface area (Å²) in [5.74, 6) is 2.01. The van der Waals surface area contributed by atoms with Crippen molar-refractivity contribution in [2.45, 2.75) is 37.6 Å². The van der Waals surface area contributed by atoms with E-state index in [9.17, 15) is 14.7 Å². The molecule has 3 fully saturated rings. The second-order valence-electron chi connectivity index (χ2n) is 9.72. The van der Waals surface area contributed by atoms with Gasteiger partial charge in [-0.05, 0) is 61.3 Å². The van der Waals surface area contributed by atoms with Gasteiger partial charge in [-0.1, -0.05) is 36.4 Å². The lowest BCUT2D eigenvalue weighted by Crippen LogP contribution is -2.40. The standard InChI is InChI=1S/C26H27N3O3/c30-22-9-7-19(8-10-22)18-1-3-20(4-2-18)23-27-26(12-13-26)25(32)29(23)16-17-11-14-28(15-17)24(31)21-5-6-21/h1-4,7-10,17,21,30H,5-6,11-16H2/t17-/m0/s1. The molecule has 32 heavy (non-hydrogen) atoms. The van der Waals surface area contributed by atoms with E-state index in [1.165, 1.54) is 0 Å². The molecular weight excluding hydrogens is 402 g/mol. The lowest BCUT2D eigenvalue weighted by molar-refractivity contribution is -0.131. The molecule has 2 aliphatic carbocycles. The summed E-state index contributed by atoms with van der Waals surface area (Å²) >= 11 is 0. The molecule has 2 aromatic carbocycles. The highest BCUT2D eigenvalue weighted by Crippen LogP contribution is 2.46. The van der Waals surface area contributed by atoms with Crippen molar-refractivity contribution in [3.63, 3.8) is 0 Å². The zero-order valence-electron chi connectivity index (χ0n) is 18.0. The molecule has 2 aliphatic heterocycles. The third-order valence-electron chi connectivity index (χ3n) is 7.25. The zero-order valence-corrected chi connectivity index (χ0v) is 18.0. The number of carbonyl (C=O) groups excluding carboxylic acids is 2. The number of nitrogens with zero attached hydrogens (tertiary/aromatic N) is 3. The molecule has 1 atom stereocenters. The first kappa shape index (κ1) is 19.5. The number of aromatic hydroxyl groups is 1. The van der Waals surface area contributed by atoms with Crippen LogP contribution < -0.4 is 0 Å². The highest BCUT2D eigenvalue weighted by molar-refractivity contribution is 6.16. The fourth-order valence-electron chi connectivity index (χ4n) is 4.99. The molecule has 1 N–H and O–H groups in total. The Morgan fingerprint density at radius 3 is 2.22 bits per heavy atom. The Labute approximate surface area is 187 Å². The van der Waals surface area contributed by atoms with E-state index in [0.717, 1.165) is 67.7 Å². The summed E-state index contributed by atoms with van der Waals surface area (Å²) in [5.41, 5.74) is 2.50. The summed E-state index contributed by atoms with van der Waals surface area (Å²) in [6.07, 6.45) is 4.67. The Morgan fingerprint density at radius 1 is 0.969 bits per heavy atom. The second kappa shape index (κ2) is 7.19. The second-order valence-corrected chi connectivity index (χ2v) is 9.72. The van der Waals surface area contributed by atoms with Crippen LogP contribution in [0.5, 0.6) is 5.75 Å². The first-order valence-electron chi connectivity index (χ1n) is 11.6. The Morgan fingerprint density at radius 2 is 1.59 bits per heavy atom. The number of hydrogen-bond donors (Lipinski definition) is 1. The van der Waals surface area contributed by atoms with Gasteiger partial charge >= 0.3 is 0 Å². The van der Waals surface area contributed by atoms with Crippen LogP contribution in [0.1, 0.15) is 37.7 Å². The van der Waals surface area contributed by atoms with Gasteiger partial charge in [0, 0.05) is 31.1 Å². The van der Waals surface area contributed by atoms with Crippen molar-refractivity contribution in [1.82, 2.24) is 9.80 Å². The minimum Gasteiger partial charge on any atom is -0.508 e. The predicted octanol–water partition coefficient (Wildman–Crippen LogP) is 3.44. The molecule has 0 bridgehead atoms. The number of aliphatic imine (C=N–C) groups is 1. The fraction of sp³-hybridized carbons (Fsp3) is 0.423. The SMILES string of the molecule is O=C(C1CC1)N1CC[C@H](CN2C(=O)C3(CC3)N=C2c2ccc(-c3ccc(O)cc3)cc2)C1. The summed E-state index contributed by atoms with van der Waals surface area (Å²) in [5, 5.41) is 9.52. The molecule has 1 saturated heterocycles. The van der Waals surface area contributed by atoms with Gasteiger partial charge in [-0.2, -0.15) is 0 Å². The lowest BCUT2D eigenvalue weighted by atomic mass is 10.0. The normalized spacial score (nSPS) is 23.7. The molecule has 164 valence electrons. The maximum Gasteiger partial charge on any atom is 0.256 e. The van der Waals surface area contributed by atoms with Crippen LogP contribution in [0.2, 0.25) is 0 Å². The van der Waals surface area contributed by atoms with Crippen molar-refractivity contribution >= 4 is 17.6 Å². The summed E-state index contributed by atoms with van der Waals surface area (Å²) in [6.45, 7) is 2.19. The van der Waals surface area contributed by atoms with Gasteiger partial charge in [-0.25, -0.2) is 0 Å². The number of phenolic OH excluding ortho intramolecular Hbond substituents is 1. The van der Waals surface area contributed by atoms with Gasteiger partial charge < -0.3 is 10.0 Å². The molecule has 6 heteroatoms. The van der Waals surface area contributed by atoms with E-state index in [1.807, 2.05) is 46.2 Å². The van der Waals surface area contributed by atoms with Gasteiger partial charge in [-0.3, -0.25) is 19.5 Å². The van der Waals surface area contributed by atoms with Crippen LogP contribution in [0.4, 0.5) is 0 Å². The van der Waals surface area contributed by atoms with Crippen molar-refractivity contribution in [1.29, 1.82) is 0 Å². The summed E-state index contributed by atoms with van der Waals surface area (Å²) in [6, 6.07) is 15.3. The predicted molar refractivity (Wildman–Crippen MR) is 121 cm³/mol. The minimum absolute atomic E-state index is 0.127. The van der Waals surface area contributed by atoms with E-state index in [-0.39, 0.29) is 17.6 Å². The molecule has 6 rings (SSSR count). The number of benzene rings is 2. The molecule has 0 radical (unpaired) electrons. The van der Waals surface area contributed by atoms with E-state index in [1.54, 1.807) is 12.1 Å². The molecule has 0 unspecified atom stereocenters. The Hall–Kier alpha value is -3.15. The molecule has 1 spiro atoms. The molecule has 2 heterocycles. The van der Waals surface area contributed by atoms with Crippen LogP contribution >= 0.6 is 0 Å². The number of hydrogen-bond acceptors (Lipinski definition) is 4. The van der Waals surface area contributed by atoms with E-state index in [4.69, 9.17) is 4.99 Å². The molecule has 2 saturated carbocycles. The van der Waals surface area contributed by atoms with Gasteiger partial charge in [0.15, 0.2) is 0 Å². The highest BCUT2D eigenvalue weighted by atomic mass is 16.3. The average molecular weight is 430 g/mol. The lowest BCUT2D eigenvalue weighted by Gasteiger charge is -2.23. The van der Waals surface area contributed by atoms with Gasteiger partial charge in [-0.15, -0.1) is 0 Å². The van der Waals surface area contributed by atoms with Crippen LogP contribution in [0.15, 0.2) is 53.5 Å². The quantitative estimate of drug-likeness (QED) is 0.791. The van der Waals surface area contributed by atoms with Gasteiger partial charge in [0.25, 0.3) is 5.91 Å². The molecular formula is C26H27N3O3. The van der Waals surface area contributed by atoms with Crippen molar-refractivity contribution < 1.29 is 14.7 Å². The summed E-state index contributed by atoms with van der Waals surface area (Å²) in [4.78, 5) is 34.4. The monoisotopic (exact) mass is 429 g/mol. The molecule has 4 aliphatic rings. The fourth-order valence-corrected chi connectivity index (χ4v) is 4.99. The molecule has 0 aromatic heterocycles. The molecule has 2 amide bonds. The van der Waals surface area contributed by atoms with E-state index in [0.29, 0.717) is 18.4 Å². The van der Waals surface area contributed by atoms with Crippen molar-refractivity contribution in [2.75, 3.05) is 19.6 Å². The van der Waals surface area contributed by atoms with Gasteiger partial charge in [0.1, 0.15) is 17.1 Å². The van der Waals surface area contributed by atoms with Gasteiger partial charge in [0.2, 0.25) is 5.91 Å². The van der Waals surface area contributed by atoms with Crippen LogP contribution in [-0.4, -0.2) is 57.7 Å². The number of carbonyl (C=O) groups is 2. The number of amidine groups is 1. The minimum atomic E-state index is -0.535. The number of rotatable bonds is 5. The maximum atomic E-state index is 13.2. The zero-order chi connectivity index (χ0) is 21.9. The molecule has 2 aromatic rings. The third-order valence-corrected chi connectivity index (χ3v) is 7.25. The van der Waals surface area contributed by atoms with Crippen molar-refractivity contribution in [2.24, 2.45) is 16.8 Å². The maximum absolute atomic E-state index is 13.2. The first-order valence-corrected chi connectivity index (χ1v) is 11.6. The number of likely N-dealkylation sites (tertiary alicyclic amines) is 1.